The SMILES string of the molecule is Cc1ccc(C(C)C)c(OCc2cccc(C(=N)N)c2)c1. The van der Waals surface area contributed by atoms with Gasteiger partial charge in [0.05, 0.1) is 0 Å². The Morgan fingerprint density at radius 1 is 1.19 bits per heavy atom. The maximum Gasteiger partial charge on any atom is 0.123 e. The first-order chi connectivity index (χ1) is 9.97. The molecule has 0 spiro atoms. The van der Waals surface area contributed by atoms with E-state index in [1.807, 2.05) is 24.3 Å². The summed E-state index contributed by atoms with van der Waals surface area (Å²) in [5, 5.41) is 7.48. The predicted octanol–water partition coefficient (Wildman–Crippen LogP) is 3.98. The van der Waals surface area contributed by atoms with Gasteiger partial charge in [-0.2, -0.15) is 0 Å². The van der Waals surface area contributed by atoms with Crippen LogP contribution in [0.15, 0.2) is 42.5 Å². The Balaban J connectivity index is 2.18. The van der Waals surface area contributed by atoms with E-state index in [1.54, 1.807) is 0 Å². The number of hydrogen-bond acceptors (Lipinski definition) is 2. The van der Waals surface area contributed by atoms with Gasteiger partial charge < -0.3 is 10.5 Å². The van der Waals surface area contributed by atoms with E-state index >= 15 is 0 Å². The highest BCUT2D eigenvalue weighted by atomic mass is 16.5. The molecule has 0 fully saturated rings. The molecule has 0 heterocycles. The van der Waals surface area contributed by atoms with Crippen LogP contribution in [-0.4, -0.2) is 5.84 Å². The fraction of sp³-hybridized carbons (Fsp3) is 0.278. The number of nitrogens with two attached hydrogens (primary N) is 1. The maximum absolute atomic E-state index is 7.48. The molecule has 0 atom stereocenters. The number of hydrogen-bond donors (Lipinski definition) is 2. The van der Waals surface area contributed by atoms with Gasteiger partial charge in [-0.05, 0) is 41.7 Å². The lowest BCUT2D eigenvalue weighted by Gasteiger charge is -2.15. The highest BCUT2D eigenvalue weighted by Gasteiger charge is 2.08. The van der Waals surface area contributed by atoms with Gasteiger partial charge >= 0.3 is 0 Å². The molecule has 110 valence electrons. The van der Waals surface area contributed by atoms with Crippen molar-refractivity contribution in [1.82, 2.24) is 0 Å². The number of amidine groups is 1. The summed E-state index contributed by atoms with van der Waals surface area (Å²) in [4.78, 5) is 0. The minimum absolute atomic E-state index is 0.0790. The lowest BCUT2D eigenvalue weighted by molar-refractivity contribution is 0.301. The van der Waals surface area contributed by atoms with Crippen molar-refractivity contribution >= 4 is 5.84 Å². The molecular formula is C18H22N2O. The van der Waals surface area contributed by atoms with Gasteiger partial charge in [-0.1, -0.05) is 44.2 Å². The third-order valence-electron chi connectivity index (χ3n) is 3.42. The van der Waals surface area contributed by atoms with Crippen molar-refractivity contribution in [3.8, 4) is 5.75 Å². The highest BCUT2D eigenvalue weighted by molar-refractivity contribution is 5.95. The zero-order valence-corrected chi connectivity index (χ0v) is 12.8. The quantitative estimate of drug-likeness (QED) is 0.643. The lowest BCUT2D eigenvalue weighted by Crippen LogP contribution is -2.11. The van der Waals surface area contributed by atoms with Crippen LogP contribution in [0.1, 0.15) is 42.0 Å². The van der Waals surface area contributed by atoms with E-state index in [2.05, 4.69) is 39.0 Å². The average molecular weight is 282 g/mol. The van der Waals surface area contributed by atoms with Gasteiger partial charge in [0, 0.05) is 5.56 Å². The van der Waals surface area contributed by atoms with Crippen molar-refractivity contribution in [3.63, 3.8) is 0 Å². The van der Waals surface area contributed by atoms with Crippen molar-refractivity contribution in [1.29, 1.82) is 5.41 Å². The molecule has 0 aromatic heterocycles. The van der Waals surface area contributed by atoms with Crippen LogP contribution in [0, 0.1) is 12.3 Å². The second-order valence-corrected chi connectivity index (χ2v) is 5.60. The summed E-state index contributed by atoms with van der Waals surface area (Å²) < 4.78 is 5.99. The molecule has 21 heavy (non-hydrogen) atoms. The Bertz CT molecular complexity index is 647. The smallest absolute Gasteiger partial charge is 0.123 e. The van der Waals surface area contributed by atoms with E-state index < -0.39 is 0 Å². The van der Waals surface area contributed by atoms with Crippen LogP contribution in [0.4, 0.5) is 0 Å². The van der Waals surface area contributed by atoms with E-state index in [-0.39, 0.29) is 5.84 Å². The average Bonchev–Trinajstić information content (AvgIpc) is 2.45. The molecule has 0 unspecified atom stereocenters. The van der Waals surface area contributed by atoms with E-state index in [1.165, 1.54) is 11.1 Å². The molecule has 0 aliphatic carbocycles. The molecule has 2 aromatic rings. The number of aryl methyl sites for hydroxylation is 1. The zero-order chi connectivity index (χ0) is 15.4. The van der Waals surface area contributed by atoms with Crippen LogP contribution < -0.4 is 10.5 Å². The van der Waals surface area contributed by atoms with Crippen LogP contribution in [0.3, 0.4) is 0 Å². The Labute approximate surface area is 126 Å². The standard InChI is InChI=1S/C18H22N2O/c1-12(2)16-8-7-13(3)9-17(16)21-11-14-5-4-6-15(10-14)18(19)20/h4-10,12H,11H2,1-3H3,(H3,19,20). The minimum Gasteiger partial charge on any atom is -0.489 e. The second-order valence-electron chi connectivity index (χ2n) is 5.60. The molecule has 3 N–H and O–H groups in total. The molecule has 3 heteroatoms. The second kappa shape index (κ2) is 6.44. The number of ether oxygens (including phenoxy) is 1. The van der Waals surface area contributed by atoms with Crippen molar-refractivity contribution in [2.75, 3.05) is 0 Å². The van der Waals surface area contributed by atoms with Crippen LogP contribution in [-0.2, 0) is 6.61 Å². The maximum atomic E-state index is 7.48. The molecular weight excluding hydrogens is 260 g/mol. The summed E-state index contributed by atoms with van der Waals surface area (Å²) in [7, 11) is 0. The predicted molar refractivity (Wildman–Crippen MR) is 87.1 cm³/mol. The molecule has 0 aliphatic rings. The van der Waals surface area contributed by atoms with Crippen LogP contribution >= 0.6 is 0 Å². The van der Waals surface area contributed by atoms with Gasteiger partial charge in [-0.25, -0.2) is 0 Å². The van der Waals surface area contributed by atoms with E-state index in [9.17, 15) is 0 Å². The zero-order valence-electron chi connectivity index (χ0n) is 12.8. The van der Waals surface area contributed by atoms with Gasteiger partial charge in [0.15, 0.2) is 0 Å². The van der Waals surface area contributed by atoms with Crippen molar-refractivity contribution < 1.29 is 4.74 Å². The van der Waals surface area contributed by atoms with Crippen molar-refractivity contribution in [2.24, 2.45) is 5.73 Å². The molecule has 0 bridgehead atoms. The first-order valence-corrected chi connectivity index (χ1v) is 7.14. The summed E-state index contributed by atoms with van der Waals surface area (Å²) in [6.07, 6.45) is 0. The van der Waals surface area contributed by atoms with Gasteiger partial charge in [0.2, 0.25) is 0 Å². The Hall–Kier alpha value is -2.29. The molecule has 2 aromatic carbocycles. The molecule has 0 saturated carbocycles. The number of benzene rings is 2. The Morgan fingerprint density at radius 2 is 1.95 bits per heavy atom. The van der Waals surface area contributed by atoms with Gasteiger partial charge in [-0.15, -0.1) is 0 Å². The van der Waals surface area contributed by atoms with E-state index in [4.69, 9.17) is 15.9 Å². The first kappa shape index (κ1) is 15.1. The molecule has 2 rings (SSSR count). The number of nitrogen functional groups attached to an aromatic ring is 1. The summed E-state index contributed by atoms with van der Waals surface area (Å²) in [6.45, 7) is 6.86. The topological polar surface area (TPSA) is 59.1 Å². The monoisotopic (exact) mass is 282 g/mol. The minimum atomic E-state index is 0.0790. The third kappa shape index (κ3) is 3.85. The van der Waals surface area contributed by atoms with E-state index in [0.29, 0.717) is 12.5 Å². The molecule has 0 radical (unpaired) electrons. The fourth-order valence-corrected chi connectivity index (χ4v) is 2.23. The largest absolute Gasteiger partial charge is 0.489 e. The normalized spacial score (nSPS) is 10.7. The van der Waals surface area contributed by atoms with Crippen LogP contribution in [0.25, 0.3) is 0 Å². The third-order valence-corrected chi connectivity index (χ3v) is 3.42. The molecule has 0 aliphatic heterocycles. The summed E-state index contributed by atoms with van der Waals surface area (Å²) in [6, 6.07) is 13.9. The van der Waals surface area contributed by atoms with E-state index in [0.717, 1.165) is 16.9 Å². The van der Waals surface area contributed by atoms with Gasteiger partial charge in [0.1, 0.15) is 18.2 Å². The van der Waals surface area contributed by atoms with Gasteiger partial charge in [-0.3, -0.25) is 5.41 Å². The first-order valence-electron chi connectivity index (χ1n) is 7.14. The van der Waals surface area contributed by atoms with Crippen LogP contribution in [0.5, 0.6) is 5.75 Å². The summed E-state index contributed by atoms with van der Waals surface area (Å²) in [5.41, 5.74) is 9.65. The highest BCUT2D eigenvalue weighted by Crippen LogP contribution is 2.28. The fourth-order valence-electron chi connectivity index (χ4n) is 2.23. The molecule has 3 nitrogen and oxygen atoms in total. The summed E-state index contributed by atoms with van der Waals surface area (Å²) in [5.74, 6) is 1.43. The van der Waals surface area contributed by atoms with Gasteiger partial charge in [0.25, 0.3) is 0 Å². The molecule has 0 saturated heterocycles. The number of rotatable bonds is 5. The molecule has 0 amide bonds. The lowest BCUT2D eigenvalue weighted by atomic mass is 10.0. The Kier molecular flexibility index (Phi) is 4.63. The van der Waals surface area contributed by atoms with Crippen molar-refractivity contribution in [3.05, 3.63) is 64.7 Å². The van der Waals surface area contributed by atoms with Crippen LogP contribution in [0.2, 0.25) is 0 Å². The summed E-state index contributed by atoms with van der Waals surface area (Å²) >= 11 is 0. The number of nitrogens with one attached hydrogen (secondary N) is 1. The van der Waals surface area contributed by atoms with Crippen molar-refractivity contribution in [2.45, 2.75) is 33.3 Å². The Morgan fingerprint density at radius 3 is 2.62 bits per heavy atom.